The number of rotatable bonds is 6. The van der Waals surface area contributed by atoms with Crippen LogP contribution in [0.25, 0.3) is 6.08 Å². The summed E-state index contributed by atoms with van der Waals surface area (Å²) in [5.74, 6) is -0.0308. The minimum Gasteiger partial charge on any atom is -0.400 e. The van der Waals surface area contributed by atoms with E-state index in [1.54, 1.807) is 0 Å². The fraction of sp³-hybridized carbons (Fsp3) is 0.524. The molecule has 1 heterocycles. The Kier molecular flexibility index (Phi) is 6.33. The number of nitrogens with one attached hydrogen (secondary N) is 1. The molecule has 1 fully saturated rings. The Hall–Kier alpha value is -1.92. The van der Waals surface area contributed by atoms with Crippen LogP contribution < -0.4 is 5.32 Å². The van der Waals surface area contributed by atoms with Crippen molar-refractivity contribution in [2.45, 2.75) is 59.7 Å². The highest BCUT2D eigenvalue weighted by molar-refractivity contribution is 6.56. The standard InChI is InChI=1S/C21H30BNO4/c1-14(2)19(25)17-10-8-16(9-11-17)12-18(13-23-15(3)24)22-26-20(4,5)21(6,7)27-22/h8-12,14H,13H2,1-7H3,(H,23,24). The van der Waals surface area contributed by atoms with E-state index in [9.17, 15) is 9.59 Å². The molecule has 1 N–H and O–H groups in total. The number of carbonyl (C=O) groups excluding carboxylic acids is 2. The van der Waals surface area contributed by atoms with Gasteiger partial charge in [0, 0.05) is 24.9 Å². The van der Waals surface area contributed by atoms with Crippen molar-refractivity contribution in [2.75, 3.05) is 6.54 Å². The van der Waals surface area contributed by atoms with Crippen LogP contribution in [0.2, 0.25) is 0 Å². The van der Waals surface area contributed by atoms with Crippen LogP contribution in [0.1, 0.15) is 64.4 Å². The largest absolute Gasteiger partial charge is 0.492 e. The van der Waals surface area contributed by atoms with Gasteiger partial charge in [0.15, 0.2) is 5.78 Å². The van der Waals surface area contributed by atoms with Gasteiger partial charge in [-0.1, -0.05) is 44.2 Å². The maximum Gasteiger partial charge on any atom is 0.492 e. The number of benzene rings is 1. The van der Waals surface area contributed by atoms with E-state index in [0.717, 1.165) is 11.0 Å². The van der Waals surface area contributed by atoms with E-state index < -0.39 is 18.3 Å². The summed E-state index contributed by atoms with van der Waals surface area (Å²) in [7, 11) is -0.543. The molecule has 27 heavy (non-hydrogen) atoms. The number of carbonyl (C=O) groups is 2. The van der Waals surface area contributed by atoms with Gasteiger partial charge in [-0.15, -0.1) is 0 Å². The molecule has 0 aromatic heterocycles. The molecule has 1 saturated heterocycles. The molecule has 5 nitrogen and oxygen atoms in total. The Bertz CT molecular complexity index is 719. The fourth-order valence-corrected chi connectivity index (χ4v) is 2.71. The summed E-state index contributed by atoms with van der Waals surface area (Å²) in [6, 6.07) is 7.45. The monoisotopic (exact) mass is 371 g/mol. The highest BCUT2D eigenvalue weighted by atomic mass is 16.7. The maximum atomic E-state index is 12.1. The molecule has 146 valence electrons. The highest BCUT2D eigenvalue weighted by Crippen LogP contribution is 2.38. The van der Waals surface area contributed by atoms with Gasteiger partial charge in [-0.25, -0.2) is 0 Å². The summed E-state index contributed by atoms with van der Waals surface area (Å²) in [6.45, 7) is 13.6. The lowest BCUT2D eigenvalue weighted by atomic mass is 9.77. The zero-order valence-electron chi connectivity index (χ0n) is 17.4. The predicted molar refractivity (Wildman–Crippen MR) is 108 cm³/mol. The van der Waals surface area contributed by atoms with E-state index >= 15 is 0 Å². The normalized spacial score (nSPS) is 18.7. The summed E-state index contributed by atoms with van der Waals surface area (Å²) in [6.07, 6.45) is 1.95. The molecule has 6 heteroatoms. The minimum absolute atomic E-state index is 0.0357. The first-order valence-corrected chi connectivity index (χ1v) is 9.38. The number of hydrogen-bond donors (Lipinski definition) is 1. The van der Waals surface area contributed by atoms with Crippen LogP contribution in [0.3, 0.4) is 0 Å². The van der Waals surface area contributed by atoms with Crippen molar-refractivity contribution in [3.63, 3.8) is 0 Å². The molecule has 0 saturated carbocycles. The lowest BCUT2D eigenvalue weighted by Gasteiger charge is -2.32. The molecule has 0 spiro atoms. The molecule has 0 bridgehead atoms. The van der Waals surface area contributed by atoms with Crippen LogP contribution in [-0.2, 0) is 14.1 Å². The molecule has 1 aromatic rings. The lowest BCUT2D eigenvalue weighted by molar-refractivity contribution is -0.118. The van der Waals surface area contributed by atoms with Gasteiger partial charge in [0.2, 0.25) is 5.91 Å². The smallest absolute Gasteiger partial charge is 0.400 e. The van der Waals surface area contributed by atoms with Gasteiger partial charge >= 0.3 is 7.12 Å². The van der Waals surface area contributed by atoms with Gasteiger partial charge in [-0.05, 0) is 38.7 Å². The SMILES string of the molecule is CC(=O)NCC(=Cc1ccc(C(=O)C(C)C)cc1)B1OC(C)(C)C(C)(C)O1. The third-order valence-electron chi connectivity index (χ3n) is 5.17. The van der Waals surface area contributed by atoms with Crippen LogP contribution in [0, 0.1) is 5.92 Å². The van der Waals surface area contributed by atoms with Gasteiger partial charge in [0.25, 0.3) is 0 Å². The van der Waals surface area contributed by atoms with E-state index in [-0.39, 0.29) is 17.6 Å². The molecule has 1 aromatic carbocycles. The van der Waals surface area contributed by atoms with Crippen molar-refractivity contribution < 1.29 is 18.9 Å². The zero-order chi connectivity index (χ0) is 20.4. The van der Waals surface area contributed by atoms with Crippen LogP contribution >= 0.6 is 0 Å². The van der Waals surface area contributed by atoms with Crippen molar-refractivity contribution in [2.24, 2.45) is 5.92 Å². The van der Waals surface area contributed by atoms with Crippen molar-refractivity contribution in [3.8, 4) is 0 Å². The lowest BCUT2D eigenvalue weighted by Crippen LogP contribution is -2.41. The number of hydrogen-bond acceptors (Lipinski definition) is 4. The van der Waals surface area contributed by atoms with Crippen LogP contribution in [0.15, 0.2) is 29.7 Å². The van der Waals surface area contributed by atoms with E-state index in [2.05, 4.69) is 5.32 Å². The molecule has 0 unspecified atom stereocenters. The molecule has 0 atom stereocenters. The quantitative estimate of drug-likeness (QED) is 0.612. The third kappa shape index (κ3) is 5.08. The van der Waals surface area contributed by atoms with Gasteiger partial charge in [0.1, 0.15) is 0 Å². The van der Waals surface area contributed by atoms with E-state index in [0.29, 0.717) is 12.1 Å². The van der Waals surface area contributed by atoms with Crippen LogP contribution in [0.4, 0.5) is 0 Å². The van der Waals surface area contributed by atoms with Gasteiger partial charge in [-0.2, -0.15) is 0 Å². The molecule has 2 rings (SSSR count). The molecule has 0 radical (unpaired) electrons. The Morgan fingerprint density at radius 2 is 1.59 bits per heavy atom. The molecule has 1 aliphatic rings. The van der Waals surface area contributed by atoms with Crippen molar-refractivity contribution in [1.29, 1.82) is 0 Å². The number of ketones is 1. The molecule has 1 aliphatic heterocycles. The molecular weight excluding hydrogens is 341 g/mol. The maximum absolute atomic E-state index is 12.1. The first-order chi connectivity index (χ1) is 12.4. The molecular formula is C21H30BNO4. The Morgan fingerprint density at radius 3 is 2.04 bits per heavy atom. The highest BCUT2D eigenvalue weighted by Gasteiger charge is 2.52. The summed E-state index contributed by atoms with van der Waals surface area (Å²) in [5, 5.41) is 2.82. The van der Waals surface area contributed by atoms with E-state index in [1.165, 1.54) is 6.92 Å². The van der Waals surface area contributed by atoms with Crippen molar-refractivity contribution in [3.05, 3.63) is 40.9 Å². The summed E-state index contributed by atoms with van der Waals surface area (Å²) in [5.41, 5.74) is 1.53. The van der Waals surface area contributed by atoms with Gasteiger partial charge in [-0.3, -0.25) is 9.59 Å². The second-order valence-corrected chi connectivity index (χ2v) is 8.36. The molecule has 1 amide bonds. The fourth-order valence-electron chi connectivity index (χ4n) is 2.71. The topological polar surface area (TPSA) is 64.6 Å². The van der Waals surface area contributed by atoms with Crippen molar-refractivity contribution >= 4 is 24.9 Å². The summed E-state index contributed by atoms with van der Waals surface area (Å²) < 4.78 is 12.3. The Morgan fingerprint density at radius 1 is 1.07 bits per heavy atom. The van der Waals surface area contributed by atoms with Gasteiger partial charge < -0.3 is 14.6 Å². The number of amides is 1. The van der Waals surface area contributed by atoms with E-state index in [1.807, 2.05) is 71.9 Å². The van der Waals surface area contributed by atoms with Gasteiger partial charge in [0.05, 0.1) is 11.2 Å². The zero-order valence-corrected chi connectivity index (χ0v) is 17.4. The summed E-state index contributed by atoms with van der Waals surface area (Å²) >= 11 is 0. The summed E-state index contributed by atoms with van der Waals surface area (Å²) in [4.78, 5) is 23.5. The van der Waals surface area contributed by atoms with Crippen LogP contribution in [-0.4, -0.2) is 36.6 Å². The first kappa shape index (κ1) is 21.4. The molecule has 0 aliphatic carbocycles. The average molecular weight is 371 g/mol. The van der Waals surface area contributed by atoms with Crippen LogP contribution in [0.5, 0.6) is 0 Å². The Balaban J connectivity index is 2.29. The average Bonchev–Trinajstić information content (AvgIpc) is 2.78. The Labute approximate surface area is 162 Å². The predicted octanol–water partition coefficient (Wildman–Crippen LogP) is 3.68. The number of Topliss-reactive ketones (excluding diaryl/α,β-unsaturated/α-hetero) is 1. The minimum atomic E-state index is -0.543. The second kappa shape index (κ2) is 7.99. The van der Waals surface area contributed by atoms with E-state index in [4.69, 9.17) is 9.31 Å². The second-order valence-electron chi connectivity index (χ2n) is 8.36. The first-order valence-electron chi connectivity index (χ1n) is 9.38. The third-order valence-corrected chi connectivity index (χ3v) is 5.17. The van der Waals surface area contributed by atoms with Crippen molar-refractivity contribution in [1.82, 2.24) is 5.32 Å².